The quantitative estimate of drug-likeness (QED) is 0.473. The monoisotopic (exact) mass is 212 g/mol. The van der Waals surface area contributed by atoms with Gasteiger partial charge >= 0.3 is 11.9 Å². The van der Waals surface area contributed by atoms with Gasteiger partial charge in [0.2, 0.25) is 0 Å². The van der Waals surface area contributed by atoms with Gasteiger partial charge in [-0.1, -0.05) is 0 Å². The van der Waals surface area contributed by atoms with Crippen LogP contribution in [0.15, 0.2) is 0 Å². The number of carbonyl (C=O) groups excluding carboxylic acids is 3. The number of hydrogen-bond acceptors (Lipinski definition) is 5. The largest absolute Gasteiger partial charge is 0.468 e. The number of methoxy groups -OCH3 is 2. The summed E-state index contributed by atoms with van der Waals surface area (Å²) in [4.78, 5) is 34.6. The molecule has 0 aromatic heterocycles. The van der Waals surface area contributed by atoms with Crippen molar-refractivity contribution >= 4 is 17.7 Å². The highest BCUT2D eigenvalue weighted by Crippen LogP contribution is 2.66. The third kappa shape index (κ3) is 1.00. The third-order valence-corrected chi connectivity index (χ3v) is 3.46. The first-order chi connectivity index (χ1) is 7.10. The number of ketones is 1. The van der Waals surface area contributed by atoms with Crippen LogP contribution in [-0.2, 0) is 23.9 Å². The molecule has 0 spiro atoms. The molecule has 82 valence electrons. The lowest BCUT2D eigenvalue weighted by Crippen LogP contribution is -2.34. The van der Waals surface area contributed by atoms with E-state index in [4.69, 9.17) is 0 Å². The minimum absolute atomic E-state index is 0.0317. The Kier molecular flexibility index (Phi) is 2.06. The van der Waals surface area contributed by atoms with Crippen LogP contribution in [0.25, 0.3) is 0 Å². The van der Waals surface area contributed by atoms with E-state index in [0.717, 1.165) is 0 Å². The molecule has 0 N–H and O–H groups in total. The van der Waals surface area contributed by atoms with Crippen LogP contribution in [0.1, 0.15) is 12.8 Å². The highest BCUT2D eigenvalue weighted by molar-refractivity contribution is 6.12. The van der Waals surface area contributed by atoms with Crippen molar-refractivity contribution in [2.24, 2.45) is 17.3 Å². The van der Waals surface area contributed by atoms with E-state index in [1.54, 1.807) is 0 Å². The zero-order chi connectivity index (χ0) is 11.2. The molecule has 0 aromatic carbocycles. The molecule has 2 saturated carbocycles. The van der Waals surface area contributed by atoms with Gasteiger partial charge in [0.05, 0.1) is 14.2 Å². The maximum absolute atomic E-state index is 11.6. The van der Waals surface area contributed by atoms with Crippen LogP contribution >= 0.6 is 0 Å². The minimum Gasteiger partial charge on any atom is -0.468 e. The third-order valence-electron chi connectivity index (χ3n) is 3.46. The average Bonchev–Trinajstić information content (AvgIpc) is 2.79. The molecule has 0 amide bonds. The Bertz CT molecular complexity index is 330. The molecule has 0 radical (unpaired) electrons. The summed E-state index contributed by atoms with van der Waals surface area (Å²) in [7, 11) is 2.43. The normalized spacial score (nSPS) is 30.7. The molecule has 2 atom stereocenters. The summed E-state index contributed by atoms with van der Waals surface area (Å²) in [6.45, 7) is 0. The number of carbonyl (C=O) groups is 3. The Morgan fingerprint density at radius 2 is 1.80 bits per heavy atom. The molecule has 2 rings (SSSR count). The summed E-state index contributed by atoms with van der Waals surface area (Å²) in [6.07, 6.45) is 1.03. The van der Waals surface area contributed by atoms with Gasteiger partial charge < -0.3 is 9.47 Å². The van der Waals surface area contributed by atoms with Crippen molar-refractivity contribution in [2.45, 2.75) is 12.8 Å². The number of ether oxygens (including phenoxy) is 2. The second-order valence-corrected chi connectivity index (χ2v) is 3.94. The highest BCUT2D eigenvalue weighted by Gasteiger charge is 2.80. The SMILES string of the molecule is COC(=O)C1(C(=O)OC)C2CCC(=O)C21. The van der Waals surface area contributed by atoms with Crippen LogP contribution < -0.4 is 0 Å². The molecule has 2 fully saturated rings. The van der Waals surface area contributed by atoms with Crippen molar-refractivity contribution in [1.82, 2.24) is 0 Å². The first-order valence-corrected chi connectivity index (χ1v) is 4.80. The molecule has 2 aliphatic rings. The Hall–Kier alpha value is -1.39. The fourth-order valence-electron chi connectivity index (χ4n) is 2.76. The molecule has 0 heterocycles. The molecule has 2 unspecified atom stereocenters. The van der Waals surface area contributed by atoms with Crippen LogP contribution in [0, 0.1) is 17.3 Å². The predicted molar refractivity (Wildman–Crippen MR) is 47.7 cm³/mol. The van der Waals surface area contributed by atoms with E-state index >= 15 is 0 Å². The zero-order valence-corrected chi connectivity index (χ0v) is 8.61. The molecule has 15 heavy (non-hydrogen) atoms. The number of hydrogen-bond donors (Lipinski definition) is 0. The molecule has 5 heteroatoms. The van der Waals surface area contributed by atoms with E-state index < -0.39 is 23.3 Å². The Labute approximate surface area is 86.7 Å². The summed E-state index contributed by atoms with van der Waals surface area (Å²) in [6, 6.07) is 0. The van der Waals surface area contributed by atoms with Crippen molar-refractivity contribution in [2.75, 3.05) is 14.2 Å². The van der Waals surface area contributed by atoms with Gasteiger partial charge in [-0.05, 0) is 12.3 Å². The number of Topliss-reactive ketones (excluding diaryl/α,β-unsaturated/α-hetero) is 1. The molecule has 5 nitrogen and oxygen atoms in total. The second kappa shape index (κ2) is 3.05. The first kappa shape index (κ1) is 10.1. The van der Waals surface area contributed by atoms with Gasteiger partial charge in [-0.2, -0.15) is 0 Å². The zero-order valence-electron chi connectivity index (χ0n) is 8.61. The van der Waals surface area contributed by atoms with Crippen molar-refractivity contribution < 1.29 is 23.9 Å². The average molecular weight is 212 g/mol. The van der Waals surface area contributed by atoms with Gasteiger partial charge in [0.1, 0.15) is 5.78 Å². The van der Waals surface area contributed by atoms with Crippen LogP contribution in [0.4, 0.5) is 0 Å². The predicted octanol–water partition coefficient (Wildman–Crippen LogP) is -0.0723. The van der Waals surface area contributed by atoms with Crippen LogP contribution in [-0.4, -0.2) is 31.9 Å². The van der Waals surface area contributed by atoms with Gasteiger partial charge in [-0.25, -0.2) is 0 Å². The summed E-state index contributed by atoms with van der Waals surface area (Å²) in [5.74, 6) is -2.02. The van der Waals surface area contributed by atoms with Crippen LogP contribution in [0.2, 0.25) is 0 Å². The maximum atomic E-state index is 11.6. The van der Waals surface area contributed by atoms with E-state index in [2.05, 4.69) is 9.47 Å². The van der Waals surface area contributed by atoms with E-state index in [9.17, 15) is 14.4 Å². The second-order valence-electron chi connectivity index (χ2n) is 3.94. The van der Waals surface area contributed by atoms with Crippen molar-refractivity contribution in [1.29, 1.82) is 0 Å². The molecule has 0 saturated heterocycles. The molecule has 0 aromatic rings. The Balaban J connectivity index is 2.33. The summed E-state index contributed by atoms with van der Waals surface area (Å²) >= 11 is 0. The number of rotatable bonds is 2. The lowest BCUT2D eigenvalue weighted by Gasteiger charge is -2.14. The highest BCUT2D eigenvalue weighted by atomic mass is 16.5. The van der Waals surface area contributed by atoms with Crippen molar-refractivity contribution in [3.8, 4) is 0 Å². The summed E-state index contributed by atoms with van der Waals surface area (Å²) in [5.41, 5.74) is -1.32. The minimum atomic E-state index is -1.32. The summed E-state index contributed by atoms with van der Waals surface area (Å²) in [5, 5.41) is 0. The van der Waals surface area contributed by atoms with E-state index in [1.807, 2.05) is 0 Å². The fraction of sp³-hybridized carbons (Fsp3) is 0.700. The topological polar surface area (TPSA) is 69.7 Å². The van der Waals surface area contributed by atoms with Gasteiger partial charge in [0.25, 0.3) is 0 Å². The molecule has 0 aliphatic heterocycles. The van der Waals surface area contributed by atoms with Gasteiger partial charge in [0.15, 0.2) is 5.41 Å². The van der Waals surface area contributed by atoms with Gasteiger partial charge in [-0.3, -0.25) is 14.4 Å². The van der Waals surface area contributed by atoms with Crippen LogP contribution in [0.5, 0.6) is 0 Å². The molecular formula is C10H12O5. The van der Waals surface area contributed by atoms with Crippen LogP contribution in [0.3, 0.4) is 0 Å². The maximum Gasteiger partial charge on any atom is 0.324 e. The summed E-state index contributed by atoms with van der Waals surface area (Å²) < 4.78 is 9.19. The van der Waals surface area contributed by atoms with Crippen molar-refractivity contribution in [3.05, 3.63) is 0 Å². The lowest BCUT2D eigenvalue weighted by molar-refractivity contribution is -0.164. The van der Waals surface area contributed by atoms with Gasteiger partial charge in [-0.15, -0.1) is 0 Å². The first-order valence-electron chi connectivity index (χ1n) is 4.80. The van der Waals surface area contributed by atoms with E-state index in [1.165, 1.54) is 14.2 Å². The lowest BCUT2D eigenvalue weighted by atomic mass is 9.95. The number of fused-ring (bicyclic) bond motifs is 1. The number of esters is 2. The molecular weight excluding hydrogens is 200 g/mol. The Morgan fingerprint density at radius 3 is 2.13 bits per heavy atom. The fourth-order valence-corrected chi connectivity index (χ4v) is 2.76. The molecule has 0 bridgehead atoms. The van der Waals surface area contributed by atoms with Gasteiger partial charge in [0, 0.05) is 12.3 Å². The molecule has 2 aliphatic carbocycles. The Morgan fingerprint density at radius 1 is 1.27 bits per heavy atom. The standard InChI is InChI=1S/C10H12O5/c1-14-8(12)10(9(13)15-2)5-3-4-6(11)7(5)10/h5,7H,3-4H2,1-2H3. The van der Waals surface area contributed by atoms with E-state index in [-0.39, 0.29) is 11.7 Å². The van der Waals surface area contributed by atoms with Crippen molar-refractivity contribution in [3.63, 3.8) is 0 Å². The van der Waals surface area contributed by atoms with E-state index in [0.29, 0.717) is 12.8 Å². The smallest absolute Gasteiger partial charge is 0.324 e.